The highest BCUT2D eigenvalue weighted by molar-refractivity contribution is 9.10. The van der Waals surface area contributed by atoms with Gasteiger partial charge in [-0.2, -0.15) is 0 Å². The molecular weight excluding hydrogens is 427 g/mol. The van der Waals surface area contributed by atoms with Gasteiger partial charge in [-0.05, 0) is 49.2 Å². The molecule has 0 radical (unpaired) electrons. The summed E-state index contributed by atoms with van der Waals surface area (Å²) in [6, 6.07) is 11.1. The van der Waals surface area contributed by atoms with E-state index in [0.29, 0.717) is 37.2 Å². The second kappa shape index (κ2) is 9.01. The van der Waals surface area contributed by atoms with Crippen LogP contribution in [0.3, 0.4) is 0 Å². The number of phenolic OH excluding ortho intramolecular Hbond substituents is 1. The molecule has 0 aromatic heterocycles. The van der Waals surface area contributed by atoms with Gasteiger partial charge in [0.05, 0.1) is 5.69 Å². The minimum Gasteiger partial charge on any atom is -0.506 e. The third-order valence-electron chi connectivity index (χ3n) is 4.70. The molecule has 1 fully saturated rings. The Morgan fingerprint density at radius 2 is 1.89 bits per heavy atom. The zero-order valence-corrected chi connectivity index (χ0v) is 16.7. The summed E-state index contributed by atoms with van der Waals surface area (Å²) in [6.07, 6.45) is 3.88. The number of rotatable bonds is 4. The van der Waals surface area contributed by atoms with Crippen molar-refractivity contribution < 1.29 is 19.1 Å². The SMILES string of the molecule is O=C(Nc1ccccc1O)C1CCN(C(=O)/C=C/c2cc(Br)ccc2F)CC1. The molecule has 1 aliphatic rings. The van der Waals surface area contributed by atoms with Crippen LogP contribution in [0.25, 0.3) is 6.08 Å². The number of benzene rings is 2. The molecule has 1 heterocycles. The highest BCUT2D eigenvalue weighted by Gasteiger charge is 2.27. The predicted molar refractivity (Wildman–Crippen MR) is 109 cm³/mol. The van der Waals surface area contributed by atoms with Crippen LogP contribution in [0, 0.1) is 11.7 Å². The number of aromatic hydroxyl groups is 1. The summed E-state index contributed by atoms with van der Waals surface area (Å²) < 4.78 is 14.5. The lowest BCUT2D eigenvalue weighted by Gasteiger charge is -2.30. The maximum atomic E-state index is 13.8. The number of phenols is 1. The number of hydrogen-bond donors (Lipinski definition) is 2. The Bertz CT molecular complexity index is 908. The summed E-state index contributed by atoms with van der Waals surface area (Å²) in [5, 5.41) is 12.5. The molecule has 0 saturated carbocycles. The van der Waals surface area contributed by atoms with Gasteiger partial charge < -0.3 is 15.3 Å². The molecule has 0 atom stereocenters. The number of carbonyl (C=O) groups excluding carboxylic acids is 2. The number of piperidine rings is 1. The fourth-order valence-corrected chi connectivity index (χ4v) is 3.46. The second-order valence-electron chi connectivity index (χ2n) is 6.61. The van der Waals surface area contributed by atoms with Gasteiger partial charge in [-0.1, -0.05) is 28.1 Å². The van der Waals surface area contributed by atoms with Gasteiger partial charge in [0.15, 0.2) is 0 Å². The largest absolute Gasteiger partial charge is 0.506 e. The maximum Gasteiger partial charge on any atom is 0.246 e. The molecule has 3 rings (SSSR count). The molecule has 146 valence electrons. The van der Waals surface area contributed by atoms with Crippen molar-refractivity contribution in [3.8, 4) is 5.75 Å². The lowest BCUT2D eigenvalue weighted by molar-refractivity contribution is -0.130. The molecule has 0 spiro atoms. The first-order chi connectivity index (χ1) is 13.4. The molecule has 1 saturated heterocycles. The Labute approximate surface area is 171 Å². The molecule has 2 amide bonds. The monoisotopic (exact) mass is 446 g/mol. The van der Waals surface area contributed by atoms with Gasteiger partial charge in [0.2, 0.25) is 11.8 Å². The Morgan fingerprint density at radius 3 is 2.61 bits per heavy atom. The fourth-order valence-electron chi connectivity index (χ4n) is 3.09. The summed E-state index contributed by atoms with van der Waals surface area (Å²) in [5.74, 6) is -0.977. The van der Waals surface area contributed by atoms with Crippen molar-refractivity contribution in [2.45, 2.75) is 12.8 Å². The van der Waals surface area contributed by atoms with E-state index >= 15 is 0 Å². The predicted octanol–water partition coefficient (Wildman–Crippen LogP) is 4.18. The quantitative estimate of drug-likeness (QED) is 0.546. The van der Waals surface area contributed by atoms with Crippen molar-refractivity contribution in [3.05, 3.63) is 64.4 Å². The zero-order chi connectivity index (χ0) is 20.1. The number of amides is 2. The minimum atomic E-state index is -0.396. The number of hydrogen-bond acceptors (Lipinski definition) is 3. The van der Waals surface area contributed by atoms with Gasteiger partial charge in [-0.3, -0.25) is 9.59 Å². The van der Waals surface area contributed by atoms with Crippen molar-refractivity contribution in [2.75, 3.05) is 18.4 Å². The average molecular weight is 447 g/mol. The number of carbonyl (C=O) groups is 2. The van der Waals surface area contributed by atoms with E-state index in [2.05, 4.69) is 21.2 Å². The van der Waals surface area contributed by atoms with Crippen molar-refractivity contribution in [1.82, 2.24) is 4.90 Å². The molecule has 0 bridgehead atoms. The molecule has 2 aromatic rings. The van der Waals surface area contributed by atoms with E-state index in [0.717, 1.165) is 4.47 Å². The number of likely N-dealkylation sites (tertiary alicyclic amines) is 1. The lowest BCUT2D eigenvalue weighted by Crippen LogP contribution is -2.40. The van der Waals surface area contributed by atoms with Gasteiger partial charge in [-0.15, -0.1) is 0 Å². The lowest BCUT2D eigenvalue weighted by atomic mass is 9.95. The number of nitrogens with zero attached hydrogens (tertiary/aromatic N) is 1. The van der Waals surface area contributed by atoms with Crippen LogP contribution in [-0.4, -0.2) is 34.9 Å². The van der Waals surface area contributed by atoms with Crippen LogP contribution >= 0.6 is 15.9 Å². The molecule has 0 unspecified atom stereocenters. The topological polar surface area (TPSA) is 69.6 Å². The van der Waals surface area contributed by atoms with E-state index < -0.39 is 5.82 Å². The van der Waals surface area contributed by atoms with Crippen LogP contribution < -0.4 is 5.32 Å². The van der Waals surface area contributed by atoms with Crippen molar-refractivity contribution >= 4 is 39.5 Å². The third kappa shape index (κ3) is 4.98. The fraction of sp³-hybridized carbons (Fsp3) is 0.238. The first kappa shape index (κ1) is 20.1. The molecule has 7 heteroatoms. The van der Waals surface area contributed by atoms with Gasteiger partial charge in [0, 0.05) is 35.1 Å². The van der Waals surface area contributed by atoms with E-state index in [1.54, 1.807) is 35.2 Å². The molecule has 2 aromatic carbocycles. The molecule has 1 aliphatic heterocycles. The maximum absolute atomic E-state index is 13.8. The Hall–Kier alpha value is -2.67. The molecule has 28 heavy (non-hydrogen) atoms. The standard InChI is InChI=1S/C21H20BrFN2O3/c22-16-6-7-17(23)15(13-16)5-8-20(27)25-11-9-14(10-12-25)21(28)24-18-3-1-2-4-19(18)26/h1-8,13-14,26H,9-12H2,(H,24,28)/b8-5+. The first-order valence-electron chi connectivity index (χ1n) is 8.95. The van der Waals surface area contributed by atoms with Crippen molar-refractivity contribution in [3.63, 3.8) is 0 Å². The molecular formula is C21H20BrFN2O3. The average Bonchev–Trinajstić information content (AvgIpc) is 2.70. The van der Waals surface area contributed by atoms with Gasteiger partial charge in [-0.25, -0.2) is 4.39 Å². The molecule has 5 nitrogen and oxygen atoms in total. The normalized spacial score (nSPS) is 15.0. The van der Waals surface area contributed by atoms with E-state index in [1.165, 1.54) is 24.3 Å². The van der Waals surface area contributed by atoms with E-state index in [4.69, 9.17) is 0 Å². The summed E-state index contributed by atoms with van der Waals surface area (Å²) in [6.45, 7) is 0.895. The van der Waals surface area contributed by atoms with Crippen molar-refractivity contribution in [2.24, 2.45) is 5.92 Å². The first-order valence-corrected chi connectivity index (χ1v) is 9.74. The molecule has 2 N–H and O–H groups in total. The zero-order valence-electron chi connectivity index (χ0n) is 15.1. The summed E-state index contributed by atoms with van der Waals surface area (Å²) in [7, 11) is 0. The van der Waals surface area contributed by atoms with Crippen LogP contribution in [0.15, 0.2) is 53.0 Å². The van der Waals surface area contributed by atoms with Gasteiger partial charge in [0.25, 0.3) is 0 Å². The summed E-state index contributed by atoms with van der Waals surface area (Å²) >= 11 is 3.28. The third-order valence-corrected chi connectivity index (χ3v) is 5.20. The number of halogens is 2. The van der Waals surface area contributed by atoms with E-state index in [1.807, 2.05) is 0 Å². The minimum absolute atomic E-state index is 0.0216. The number of nitrogens with one attached hydrogen (secondary N) is 1. The highest BCUT2D eigenvalue weighted by atomic mass is 79.9. The van der Waals surface area contributed by atoms with E-state index in [9.17, 15) is 19.1 Å². The summed E-state index contributed by atoms with van der Waals surface area (Å²) in [4.78, 5) is 26.4. The van der Waals surface area contributed by atoms with Gasteiger partial charge in [0.1, 0.15) is 11.6 Å². The van der Waals surface area contributed by atoms with E-state index in [-0.39, 0.29) is 23.5 Å². The van der Waals surface area contributed by atoms with Crippen LogP contribution in [-0.2, 0) is 9.59 Å². The van der Waals surface area contributed by atoms with Gasteiger partial charge >= 0.3 is 0 Å². The summed E-state index contributed by atoms with van der Waals surface area (Å²) in [5.41, 5.74) is 0.713. The highest BCUT2D eigenvalue weighted by Crippen LogP contribution is 2.25. The Balaban J connectivity index is 1.54. The Morgan fingerprint density at radius 1 is 1.18 bits per heavy atom. The molecule has 0 aliphatic carbocycles. The number of para-hydroxylation sites is 2. The second-order valence-corrected chi connectivity index (χ2v) is 7.52. The Kier molecular flexibility index (Phi) is 6.46. The van der Waals surface area contributed by atoms with Crippen LogP contribution in [0.4, 0.5) is 10.1 Å². The smallest absolute Gasteiger partial charge is 0.246 e. The van der Waals surface area contributed by atoms with Crippen molar-refractivity contribution in [1.29, 1.82) is 0 Å². The van der Waals surface area contributed by atoms with Crippen LogP contribution in [0.2, 0.25) is 0 Å². The van der Waals surface area contributed by atoms with Crippen LogP contribution in [0.5, 0.6) is 5.75 Å². The number of anilines is 1. The van der Waals surface area contributed by atoms with Crippen LogP contribution in [0.1, 0.15) is 18.4 Å².